The van der Waals surface area contributed by atoms with Gasteiger partial charge in [0.25, 0.3) is 5.91 Å². The molecule has 4 rings (SSSR count). The molecule has 23 heavy (non-hydrogen) atoms. The normalized spacial score (nSPS) is 13.2. The first-order valence-corrected chi connectivity index (χ1v) is 7.44. The second-order valence-corrected chi connectivity index (χ2v) is 5.69. The first-order valence-electron chi connectivity index (χ1n) is 7.44. The molecule has 1 aliphatic carbocycles. The zero-order valence-corrected chi connectivity index (χ0v) is 12.3. The molecule has 0 radical (unpaired) electrons. The molecule has 2 aromatic heterocycles. The lowest BCUT2D eigenvalue weighted by Gasteiger charge is -2.05. The highest BCUT2D eigenvalue weighted by Crippen LogP contribution is 2.26. The van der Waals surface area contributed by atoms with Gasteiger partial charge in [-0.3, -0.25) is 9.59 Å². The van der Waals surface area contributed by atoms with Crippen molar-refractivity contribution in [2.75, 3.05) is 0 Å². The van der Waals surface area contributed by atoms with Crippen LogP contribution in [0, 0.1) is 0 Å². The SMILES string of the molecule is NC(=O)c1c[nH]c2nc(-c3ccc4c(c3)CCC4)ncc2c1=O. The van der Waals surface area contributed by atoms with Gasteiger partial charge in [0.2, 0.25) is 5.43 Å². The largest absolute Gasteiger partial charge is 0.365 e. The summed E-state index contributed by atoms with van der Waals surface area (Å²) in [4.78, 5) is 34.9. The lowest BCUT2D eigenvalue weighted by Crippen LogP contribution is -2.22. The number of nitrogens with two attached hydrogens (primary N) is 1. The van der Waals surface area contributed by atoms with Gasteiger partial charge in [0.05, 0.1) is 5.39 Å². The summed E-state index contributed by atoms with van der Waals surface area (Å²) in [6, 6.07) is 6.23. The van der Waals surface area contributed by atoms with Crippen LogP contribution in [0.3, 0.4) is 0 Å². The Bertz CT molecular complexity index is 1010. The van der Waals surface area contributed by atoms with Gasteiger partial charge >= 0.3 is 0 Å². The van der Waals surface area contributed by atoms with E-state index in [-0.39, 0.29) is 10.9 Å². The van der Waals surface area contributed by atoms with Crippen molar-refractivity contribution in [2.24, 2.45) is 5.73 Å². The van der Waals surface area contributed by atoms with Crippen LogP contribution in [-0.4, -0.2) is 20.9 Å². The van der Waals surface area contributed by atoms with Crippen molar-refractivity contribution < 1.29 is 4.79 Å². The molecule has 1 aliphatic rings. The number of aromatic amines is 1. The number of nitrogens with one attached hydrogen (secondary N) is 1. The maximum Gasteiger partial charge on any atom is 0.254 e. The van der Waals surface area contributed by atoms with E-state index in [1.54, 1.807) is 0 Å². The third-order valence-corrected chi connectivity index (χ3v) is 4.25. The average molecular weight is 306 g/mol. The molecule has 3 N–H and O–H groups in total. The van der Waals surface area contributed by atoms with Crippen molar-refractivity contribution in [1.82, 2.24) is 15.0 Å². The molecule has 0 saturated heterocycles. The number of benzene rings is 1. The van der Waals surface area contributed by atoms with Gasteiger partial charge in [-0.1, -0.05) is 12.1 Å². The van der Waals surface area contributed by atoms with Crippen molar-refractivity contribution in [3.63, 3.8) is 0 Å². The van der Waals surface area contributed by atoms with Crippen molar-refractivity contribution >= 4 is 16.9 Å². The Morgan fingerprint density at radius 3 is 2.87 bits per heavy atom. The fourth-order valence-electron chi connectivity index (χ4n) is 3.04. The molecule has 114 valence electrons. The van der Waals surface area contributed by atoms with E-state index in [1.165, 1.54) is 29.9 Å². The number of aryl methyl sites for hydroxylation is 2. The van der Waals surface area contributed by atoms with Crippen LogP contribution in [-0.2, 0) is 12.8 Å². The van der Waals surface area contributed by atoms with E-state index >= 15 is 0 Å². The van der Waals surface area contributed by atoms with Gasteiger partial charge in [0.15, 0.2) is 5.82 Å². The molecule has 0 fully saturated rings. The smallest absolute Gasteiger partial charge is 0.254 e. The number of primary amides is 1. The second-order valence-electron chi connectivity index (χ2n) is 5.69. The molecule has 3 aromatic rings. The van der Waals surface area contributed by atoms with Crippen LogP contribution in [0.2, 0.25) is 0 Å². The molecule has 6 nitrogen and oxygen atoms in total. The highest BCUT2D eigenvalue weighted by Gasteiger charge is 2.14. The van der Waals surface area contributed by atoms with Crippen LogP contribution in [0.4, 0.5) is 0 Å². The summed E-state index contributed by atoms with van der Waals surface area (Å²) in [5.41, 5.74) is 8.67. The topological polar surface area (TPSA) is 102 Å². The molecule has 1 amide bonds. The number of aromatic nitrogens is 3. The summed E-state index contributed by atoms with van der Waals surface area (Å²) in [5, 5.41) is 0.256. The molecule has 2 heterocycles. The first kappa shape index (κ1) is 13.6. The third-order valence-electron chi connectivity index (χ3n) is 4.25. The number of hydrogen-bond donors (Lipinski definition) is 2. The number of nitrogens with zero attached hydrogens (tertiary/aromatic N) is 2. The Hall–Kier alpha value is -3.02. The third kappa shape index (κ3) is 2.19. The molecule has 0 unspecified atom stereocenters. The fraction of sp³-hybridized carbons (Fsp3) is 0.176. The Labute approximate surface area is 131 Å². The van der Waals surface area contributed by atoms with Gasteiger partial charge in [-0.15, -0.1) is 0 Å². The van der Waals surface area contributed by atoms with Gasteiger partial charge in [0, 0.05) is 18.0 Å². The van der Waals surface area contributed by atoms with Crippen LogP contribution in [0.15, 0.2) is 35.4 Å². The first-order chi connectivity index (χ1) is 11.1. The summed E-state index contributed by atoms with van der Waals surface area (Å²) in [6.45, 7) is 0. The highest BCUT2D eigenvalue weighted by molar-refractivity contribution is 5.95. The van der Waals surface area contributed by atoms with E-state index in [2.05, 4.69) is 27.1 Å². The van der Waals surface area contributed by atoms with E-state index < -0.39 is 11.3 Å². The molecular weight excluding hydrogens is 292 g/mol. The van der Waals surface area contributed by atoms with E-state index in [4.69, 9.17) is 5.73 Å². The molecule has 0 spiro atoms. The standard InChI is InChI=1S/C17H14N4O2/c18-15(23)12-7-20-17-13(14(12)22)8-19-16(21-17)11-5-4-9-2-1-3-10(9)6-11/h4-8H,1-3H2,(H2,18,23)(H,19,20,21,22). The number of amides is 1. The van der Waals surface area contributed by atoms with Gasteiger partial charge in [0.1, 0.15) is 11.2 Å². The van der Waals surface area contributed by atoms with E-state index in [9.17, 15) is 9.59 Å². The zero-order valence-electron chi connectivity index (χ0n) is 12.3. The summed E-state index contributed by atoms with van der Waals surface area (Å²) in [7, 11) is 0. The van der Waals surface area contributed by atoms with Crippen LogP contribution in [0.25, 0.3) is 22.4 Å². The summed E-state index contributed by atoms with van der Waals surface area (Å²) < 4.78 is 0. The number of hydrogen-bond acceptors (Lipinski definition) is 4. The molecule has 0 atom stereocenters. The molecular formula is C17H14N4O2. The van der Waals surface area contributed by atoms with Crippen LogP contribution < -0.4 is 11.2 Å². The minimum Gasteiger partial charge on any atom is -0.365 e. The average Bonchev–Trinajstić information content (AvgIpc) is 3.02. The highest BCUT2D eigenvalue weighted by atomic mass is 16.2. The lowest BCUT2D eigenvalue weighted by molar-refractivity contribution is 0.0999. The number of carbonyl (C=O) groups is 1. The van der Waals surface area contributed by atoms with Crippen molar-refractivity contribution in [1.29, 1.82) is 0 Å². The predicted molar refractivity (Wildman–Crippen MR) is 86.1 cm³/mol. The molecule has 6 heteroatoms. The fourth-order valence-corrected chi connectivity index (χ4v) is 3.04. The monoisotopic (exact) mass is 306 g/mol. The van der Waals surface area contributed by atoms with Crippen molar-refractivity contribution in [3.05, 3.63) is 57.5 Å². The number of fused-ring (bicyclic) bond motifs is 2. The van der Waals surface area contributed by atoms with Crippen LogP contribution in [0.1, 0.15) is 27.9 Å². The number of H-pyrrole nitrogens is 1. The molecule has 0 bridgehead atoms. The van der Waals surface area contributed by atoms with Gasteiger partial charge in [-0.05, 0) is 36.5 Å². The summed E-state index contributed by atoms with van der Waals surface area (Å²) >= 11 is 0. The van der Waals surface area contributed by atoms with E-state index in [0.717, 1.165) is 18.4 Å². The Kier molecular flexibility index (Phi) is 2.97. The minimum atomic E-state index is -0.768. The molecule has 0 saturated carbocycles. The maximum absolute atomic E-state index is 12.2. The Morgan fingerprint density at radius 1 is 1.22 bits per heavy atom. The predicted octanol–water partition coefficient (Wildman–Crippen LogP) is 1.57. The molecule has 1 aromatic carbocycles. The van der Waals surface area contributed by atoms with Gasteiger partial charge < -0.3 is 10.7 Å². The van der Waals surface area contributed by atoms with Crippen LogP contribution in [0.5, 0.6) is 0 Å². The number of rotatable bonds is 2. The second kappa shape index (κ2) is 5.01. The van der Waals surface area contributed by atoms with Crippen LogP contribution >= 0.6 is 0 Å². The summed E-state index contributed by atoms with van der Waals surface area (Å²) in [6.07, 6.45) is 6.12. The lowest BCUT2D eigenvalue weighted by atomic mass is 10.1. The quantitative estimate of drug-likeness (QED) is 0.750. The Balaban J connectivity index is 1.85. The van der Waals surface area contributed by atoms with Gasteiger partial charge in [-0.25, -0.2) is 9.97 Å². The number of carbonyl (C=O) groups excluding carboxylic acids is 1. The molecule has 0 aliphatic heterocycles. The maximum atomic E-state index is 12.2. The summed E-state index contributed by atoms with van der Waals surface area (Å²) in [5.74, 6) is -0.217. The van der Waals surface area contributed by atoms with Gasteiger partial charge in [-0.2, -0.15) is 0 Å². The minimum absolute atomic E-state index is 0.0913. The van der Waals surface area contributed by atoms with Crippen molar-refractivity contribution in [3.8, 4) is 11.4 Å². The van der Waals surface area contributed by atoms with E-state index in [1.807, 2.05) is 6.07 Å². The Morgan fingerprint density at radius 2 is 2.04 bits per heavy atom. The van der Waals surface area contributed by atoms with Crippen molar-refractivity contribution in [2.45, 2.75) is 19.3 Å². The zero-order chi connectivity index (χ0) is 16.0. The van der Waals surface area contributed by atoms with E-state index in [0.29, 0.717) is 11.5 Å². The number of pyridine rings is 1.